The first-order valence-electron chi connectivity index (χ1n) is 11.1. The van der Waals surface area contributed by atoms with E-state index in [0.717, 1.165) is 54.2 Å². The van der Waals surface area contributed by atoms with Crippen molar-refractivity contribution in [2.75, 3.05) is 38.1 Å². The molecule has 0 aliphatic carbocycles. The summed E-state index contributed by atoms with van der Waals surface area (Å²) in [4.78, 5) is 22.0. The number of likely N-dealkylation sites (N-methyl/N-ethyl adjacent to an activating group) is 1. The van der Waals surface area contributed by atoms with Gasteiger partial charge in [-0.15, -0.1) is 0 Å². The molecule has 4 aromatic rings. The van der Waals surface area contributed by atoms with Crippen molar-refractivity contribution in [2.24, 2.45) is 0 Å². The number of amides is 1. The summed E-state index contributed by atoms with van der Waals surface area (Å²) in [6.45, 7) is 3.48. The van der Waals surface area contributed by atoms with Crippen molar-refractivity contribution in [1.82, 2.24) is 24.8 Å². The number of nitrogens with zero attached hydrogens (tertiary/aromatic N) is 5. The van der Waals surface area contributed by atoms with E-state index < -0.39 is 6.04 Å². The molecule has 2 aliphatic heterocycles. The van der Waals surface area contributed by atoms with E-state index in [9.17, 15) is 9.18 Å². The molecule has 1 atom stereocenters. The van der Waals surface area contributed by atoms with E-state index >= 15 is 0 Å². The molecule has 0 saturated carbocycles. The van der Waals surface area contributed by atoms with Gasteiger partial charge in [-0.25, -0.2) is 13.9 Å². The van der Waals surface area contributed by atoms with E-state index in [1.807, 2.05) is 24.4 Å². The molecule has 7 nitrogen and oxygen atoms in total. The lowest BCUT2D eigenvalue weighted by Gasteiger charge is -2.36. The number of nitrogens with one attached hydrogen (secondary N) is 1. The van der Waals surface area contributed by atoms with Gasteiger partial charge in [0.15, 0.2) is 5.65 Å². The molecule has 1 saturated heterocycles. The average Bonchev–Trinajstić information content (AvgIpc) is 3.44. The summed E-state index contributed by atoms with van der Waals surface area (Å²) in [6.07, 6.45) is 3.42. The molecule has 4 heterocycles. The molecule has 1 amide bonds. The standard InChI is InChI=1S/C25H22ClFN6O/c1-31-6-8-32(9-7-31)21-11-16(15-2-5-22-28-14-29-33(22)13-15)10-19-23(21)24(30-25(19)34)18-12-17(27)3-4-20(18)26/h2-5,10-14,24H,6-9H2,1H3,(H,30,34). The zero-order valence-corrected chi connectivity index (χ0v) is 19.3. The molecule has 0 radical (unpaired) electrons. The van der Waals surface area contributed by atoms with Crippen molar-refractivity contribution in [3.05, 3.63) is 82.5 Å². The Morgan fingerprint density at radius 3 is 2.71 bits per heavy atom. The molecule has 2 aromatic carbocycles. The fourth-order valence-corrected chi connectivity index (χ4v) is 5.07. The Bertz CT molecular complexity index is 1430. The summed E-state index contributed by atoms with van der Waals surface area (Å²) in [5.74, 6) is -0.583. The molecule has 1 fully saturated rings. The number of carbonyl (C=O) groups excluding carboxylic acids is 1. The van der Waals surface area contributed by atoms with Crippen LogP contribution in [0.5, 0.6) is 0 Å². The van der Waals surface area contributed by atoms with Gasteiger partial charge in [-0.05, 0) is 55.1 Å². The monoisotopic (exact) mass is 476 g/mol. The predicted octanol–water partition coefficient (Wildman–Crippen LogP) is 3.77. The molecule has 9 heteroatoms. The normalized spacial score (nSPS) is 18.4. The van der Waals surface area contributed by atoms with Crippen LogP contribution in [-0.4, -0.2) is 58.6 Å². The molecular weight excluding hydrogens is 455 g/mol. The van der Waals surface area contributed by atoms with Crippen LogP contribution in [0.1, 0.15) is 27.5 Å². The highest BCUT2D eigenvalue weighted by atomic mass is 35.5. The quantitative estimate of drug-likeness (QED) is 0.487. The molecule has 6 rings (SSSR count). The molecule has 1 N–H and O–H groups in total. The second-order valence-corrected chi connectivity index (χ2v) is 9.21. The van der Waals surface area contributed by atoms with Crippen molar-refractivity contribution >= 4 is 28.8 Å². The fourth-order valence-electron chi connectivity index (χ4n) is 4.84. The van der Waals surface area contributed by atoms with E-state index in [1.54, 1.807) is 4.52 Å². The number of hydrogen-bond donors (Lipinski definition) is 1. The van der Waals surface area contributed by atoms with Gasteiger partial charge >= 0.3 is 0 Å². The van der Waals surface area contributed by atoms with Gasteiger partial charge in [0, 0.05) is 65.3 Å². The number of benzene rings is 2. The van der Waals surface area contributed by atoms with Crippen LogP contribution in [0.2, 0.25) is 5.02 Å². The van der Waals surface area contributed by atoms with E-state index in [0.29, 0.717) is 16.1 Å². The second-order valence-electron chi connectivity index (χ2n) is 8.80. The molecular formula is C25H22ClFN6O. The van der Waals surface area contributed by atoms with Crippen LogP contribution in [0.15, 0.2) is 55.0 Å². The molecule has 0 bridgehead atoms. The third kappa shape index (κ3) is 3.50. The lowest BCUT2D eigenvalue weighted by atomic mass is 9.92. The number of carbonyl (C=O) groups is 1. The largest absolute Gasteiger partial charge is 0.369 e. The lowest BCUT2D eigenvalue weighted by molar-refractivity contribution is 0.0960. The third-order valence-corrected chi connectivity index (χ3v) is 7.03. The molecule has 172 valence electrons. The van der Waals surface area contributed by atoms with Gasteiger partial charge in [0.2, 0.25) is 0 Å². The van der Waals surface area contributed by atoms with Crippen molar-refractivity contribution in [2.45, 2.75) is 6.04 Å². The van der Waals surface area contributed by atoms with Crippen molar-refractivity contribution in [1.29, 1.82) is 0 Å². The van der Waals surface area contributed by atoms with Gasteiger partial charge in [-0.1, -0.05) is 11.6 Å². The van der Waals surface area contributed by atoms with Gasteiger partial charge in [0.25, 0.3) is 5.91 Å². The van der Waals surface area contributed by atoms with Gasteiger partial charge in [-0.2, -0.15) is 5.10 Å². The summed E-state index contributed by atoms with van der Waals surface area (Å²) in [7, 11) is 2.10. The molecule has 0 spiro atoms. The zero-order valence-electron chi connectivity index (χ0n) is 18.5. The molecule has 34 heavy (non-hydrogen) atoms. The zero-order chi connectivity index (χ0) is 23.4. The highest BCUT2D eigenvalue weighted by Crippen LogP contribution is 2.43. The highest BCUT2D eigenvalue weighted by molar-refractivity contribution is 6.31. The van der Waals surface area contributed by atoms with Crippen LogP contribution in [-0.2, 0) is 0 Å². The molecule has 1 unspecified atom stereocenters. The first-order chi connectivity index (χ1) is 16.5. The number of pyridine rings is 1. The average molecular weight is 477 g/mol. The maximum Gasteiger partial charge on any atom is 0.252 e. The van der Waals surface area contributed by atoms with Crippen LogP contribution in [0.25, 0.3) is 16.8 Å². The summed E-state index contributed by atoms with van der Waals surface area (Å²) in [5, 5.41) is 7.71. The van der Waals surface area contributed by atoms with Gasteiger partial charge < -0.3 is 15.1 Å². The number of piperazine rings is 1. The Morgan fingerprint density at radius 1 is 1.06 bits per heavy atom. The van der Waals surface area contributed by atoms with E-state index in [1.165, 1.54) is 24.5 Å². The predicted molar refractivity (Wildman–Crippen MR) is 129 cm³/mol. The van der Waals surface area contributed by atoms with Gasteiger partial charge in [0.05, 0.1) is 6.04 Å². The van der Waals surface area contributed by atoms with E-state index in [2.05, 4.69) is 38.3 Å². The topological polar surface area (TPSA) is 65.8 Å². The maximum absolute atomic E-state index is 14.2. The first kappa shape index (κ1) is 21.1. The highest BCUT2D eigenvalue weighted by Gasteiger charge is 2.36. The molecule has 2 aromatic heterocycles. The van der Waals surface area contributed by atoms with Crippen molar-refractivity contribution in [3.63, 3.8) is 0 Å². The Labute approximate surface area is 200 Å². The van der Waals surface area contributed by atoms with E-state index in [4.69, 9.17) is 11.6 Å². The summed E-state index contributed by atoms with van der Waals surface area (Å²) >= 11 is 6.47. The summed E-state index contributed by atoms with van der Waals surface area (Å²) < 4.78 is 15.9. The Kier molecular flexibility index (Phi) is 5.00. The fraction of sp³-hybridized carbons (Fsp3) is 0.240. The number of fused-ring (bicyclic) bond motifs is 2. The van der Waals surface area contributed by atoms with Crippen LogP contribution >= 0.6 is 11.6 Å². The second kappa shape index (κ2) is 8.07. The number of aromatic nitrogens is 3. The van der Waals surface area contributed by atoms with Gasteiger partial charge in [-0.3, -0.25) is 4.79 Å². The van der Waals surface area contributed by atoms with Crippen LogP contribution in [0.3, 0.4) is 0 Å². The van der Waals surface area contributed by atoms with Crippen LogP contribution in [0.4, 0.5) is 10.1 Å². The van der Waals surface area contributed by atoms with E-state index in [-0.39, 0.29) is 11.7 Å². The lowest BCUT2D eigenvalue weighted by Crippen LogP contribution is -2.45. The SMILES string of the molecule is CN1CCN(c2cc(-c3ccc4ncnn4c3)cc3c2C(c2cc(F)ccc2Cl)NC3=O)CC1. The van der Waals surface area contributed by atoms with Gasteiger partial charge in [0.1, 0.15) is 12.1 Å². The van der Waals surface area contributed by atoms with Crippen molar-refractivity contribution < 1.29 is 9.18 Å². The minimum absolute atomic E-state index is 0.195. The number of hydrogen-bond acceptors (Lipinski definition) is 5. The molecule has 2 aliphatic rings. The summed E-state index contributed by atoms with van der Waals surface area (Å²) in [5.41, 5.74) is 5.53. The minimum Gasteiger partial charge on any atom is -0.369 e. The maximum atomic E-state index is 14.2. The van der Waals surface area contributed by atoms with Crippen molar-refractivity contribution in [3.8, 4) is 11.1 Å². The Morgan fingerprint density at radius 2 is 1.88 bits per heavy atom. The van der Waals surface area contributed by atoms with Crippen LogP contribution < -0.4 is 10.2 Å². The Hall–Kier alpha value is -3.49. The third-order valence-electron chi connectivity index (χ3n) is 6.69. The smallest absolute Gasteiger partial charge is 0.252 e. The minimum atomic E-state index is -0.521. The van der Waals surface area contributed by atoms with Crippen LogP contribution in [0, 0.1) is 5.82 Å². The number of rotatable bonds is 3. The Balaban J connectivity index is 1.54. The summed E-state index contributed by atoms with van der Waals surface area (Å²) in [6, 6.07) is 11.6. The number of halogens is 2. The number of anilines is 1. The first-order valence-corrected chi connectivity index (χ1v) is 11.5.